The van der Waals surface area contributed by atoms with Crippen LogP contribution in [0.5, 0.6) is 5.75 Å². The number of methoxy groups -OCH3 is 1. The Morgan fingerprint density at radius 1 is 0.987 bits per heavy atom. The second-order valence-electron chi connectivity index (χ2n) is 22.9. The van der Waals surface area contributed by atoms with Crippen molar-refractivity contribution in [1.29, 1.82) is 0 Å². The number of piperidine rings is 1. The first-order valence-corrected chi connectivity index (χ1v) is 27.9. The van der Waals surface area contributed by atoms with Gasteiger partial charge in [-0.2, -0.15) is 0 Å². The number of carbonyl (C=O) groups excluding carboxylic acids is 4. The first-order chi connectivity index (χ1) is 37.4. The number of hydrazine groups is 1. The number of aromatic nitrogens is 2. The molecule has 6 heterocycles. The molecular formula is C62H78N8O8. The number of ether oxygens (including phenoxy) is 3. The fourth-order valence-electron chi connectivity index (χ4n) is 12.0. The number of nitrogens with two attached hydrogens (primary N) is 1. The number of anilines is 1. The maximum Gasteiger partial charge on any atom is 0.324 e. The molecule has 4 aliphatic rings. The number of hydrogen-bond acceptors (Lipinski definition) is 12. The van der Waals surface area contributed by atoms with Crippen LogP contribution in [0.3, 0.4) is 0 Å². The third-order valence-electron chi connectivity index (χ3n) is 16.1. The fourth-order valence-corrected chi connectivity index (χ4v) is 12.0. The van der Waals surface area contributed by atoms with Crippen LogP contribution < -0.4 is 16.5 Å². The van der Waals surface area contributed by atoms with Gasteiger partial charge in [-0.15, -0.1) is 0 Å². The van der Waals surface area contributed by atoms with Gasteiger partial charge in [0.1, 0.15) is 30.0 Å². The Bertz CT molecular complexity index is 3080. The summed E-state index contributed by atoms with van der Waals surface area (Å²) in [5, 5.41) is 17.0. The number of aromatic hydroxyl groups is 1. The van der Waals surface area contributed by atoms with E-state index in [0.29, 0.717) is 62.2 Å². The summed E-state index contributed by atoms with van der Waals surface area (Å²) in [5.41, 5.74) is 17.7. The number of amides is 3. The van der Waals surface area contributed by atoms with Crippen LogP contribution in [0.1, 0.15) is 120 Å². The number of fused-ring (bicyclic) bond motifs is 6. The minimum Gasteiger partial charge on any atom is -0.508 e. The molecule has 16 nitrogen and oxygen atoms in total. The molecule has 0 saturated carbocycles. The Morgan fingerprint density at radius 3 is 2.49 bits per heavy atom. The summed E-state index contributed by atoms with van der Waals surface area (Å²) in [6, 6.07) is 18.1. The smallest absolute Gasteiger partial charge is 0.324 e. The predicted molar refractivity (Wildman–Crippen MR) is 302 cm³/mol. The van der Waals surface area contributed by atoms with Crippen molar-refractivity contribution in [3.8, 4) is 40.0 Å². The molecule has 414 valence electrons. The zero-order valence-corrected chi connectivity index (χ0v) is 46.7. The van der Waals surface area contributed by atoms with Gasteiger partial charge in [-0.05, 0) is 142 Å². The third kappa shape index (κ3) is 12.2. The van der Waals surface area contributed by atoms with Gasteiger partial charge in [0.2, 0.25) is 5.91 Å². The average Bonchev–Trinajstić information content (AvgIpc) is 4.20. The molecule has 3 aromatic carbocycles. The Labute approximate surface area is 459 Å². The third-order valence-corrected chi connectivity index (χ3v) is 16.1. The Hall–Kier alpha value is -6.77. The van der Waals surface area contributed by atoms with Gasteiger partial charge in [0, 0.05) is 85.5 Å². The van der Waals surface area contributed by atoms with Crippen molar-refractivity contribution in [2.75, 3.05) is 59.3 Å². The van der Waals surface area contributed by atoms with Gasteiger partial charge in [0.05, 0.1) is 30.6 Å². The van der Waals surface area contributed by atoms with E-state index in [1.165, 1.54) is 29.2 Å². The zero-order valence-electron chi connectivity index (χ0n) is 46.7. The highest BCUT2D eigenvalue weighted by atomic mass is 16.5. The van der Waals surface area contributed by atoms with Crippen LogP contribution in [-0.2, 0) is 52.8 Å². The summed E-state index contributed by atoms with van der Waals surface area (Å²) in [7, 11) is 3.29. The minimum absolute atomic E-state index is 0.0123. The van der Waals surface area contributed by atoms with E-state index in [1.807, 2.05) is 51.2 Å². The number of likely N-dealkylation sites (N-methyl/N-ethyl adjacent to an activating group) is 1. The van der Waals surface area contributed by atoms with Gasteiger partial charge < -0.3 is 39.8 Å². The van der Waals surface area contributed by atoms with Gasteiger partial charge >= 0.3 is 5.97 Å². The van der Waals surface area contributed by atoms with Gasteiger partial charge in [-0.1, -0.05) is 70.2 Å². The molecule has 3 amide bonds. The number of likely N-dealkylation sites (tertiary alicyclic amines) is 1. The molecule has 0 spiro atoms. The molecule has 5 aromatic rings. The quantitative estimate of drug-likeness (QED) is 0.0568. The minimum atomic E-state index is -1.18. The van der Waals surface area contributed by atoms with E-state index in [-0.39, 0.29) is 49.2 Å². The summed E-state index contributed by atoms with van der Waals surface area (Å²) in [5.74, 6) is 4.43. The maximum atomic E-state index is 15.0. The van der Waals surface area contributed by atoms with E-state index in [9.17, 15) is 24.3 Å². The standard InChI is InChI=1S/C62H78N8O8/c1-9-69-53-22-19-43-34-48(53)50(56(69)49-31-40(36-64-54(49)39(4)76-8)15-13-26-68-24-11-10-12-25-68)35-62(5,6)37-78-61(75)51-16-14-27-70(66-51)59(73)52(32-41-29-44(43)33-46(71)30-41)65-58(72)55(38(2)3)67(7)60(74)57-47(23-28-77-57)42-17-20-45(63)21-18-42/h17-22,29-31,33-34,36,38-39,47,51-52,55,57,66,71H,9-12,14,16,23-28,32,35,37,63H2,1-8H3,(H,65,72). The number of pyridine rings is 1. The van der Waals surface area contributed by atoms with Crippen molar-refractivity contribution in [3.63, 3.8) is 0 Å². The van der Waals surface area contributed by atoms with Crippen LogP contribution >= 0.6 is 0 Å². The van der Waals surface area contributed by atoms with E-state index < -0.39 is 47.4 Å². The van der Waals surface area contributed by atoms with Crippen LogP contribution in [0.25, 0.3) is 33.3 Å². The lowest BCUT2D eigenvalue weighted by atomic mass is 9.84. The van der Waals surface area contributed by atoms with Crippen molar-refractivity contribution in [2.45, 2.75) is 136 Å². The molecule has 4 aliphatic heterocycles. The number of rotatable bonds is 11. The second-order valence-corrected chi connectivity index (χ2v) is 22.9. The number of carbonyl (C=O) groups is 4. The molecule has 16 heteroatoms. The maximum absolute atomic E-state index is 15.0. The number of nitrogens with one attached hydrogen (secondary N) is 2. The molecule has 6 atom stereocenters. The van der Waals surface area contributed by atoms with Gasteiger partial charge in [0.15, 0.2) is 0 Å². The number of esters is 1. The van der Waals surface area contributed by atoms with Crippen molar-refractivity contribution in [2.24, 2.45) is 11.3 Å². The number of nitrogen functional groups attached to an aromatic ring is 1. The van der Waals surface area contributed by atoms with Gasteiger partial charge in [-0.3, -0.25) is 34.1 Å². The largest absolute Gasteiger partial charge is 0.508 e. The molecule has 6 unspecified atom stereocenters. The molecule has 3 fully saturated rings. The summed E-state index contributed by atoms with van der Waals surface area (Å²) >= 11 is 0. The summed E-state index contributed by atoms with van der Waals surface area (Å²) < 4.78 is 20.6. The highest BCUT2D eigenvalue weighted by Gasteiger charge is 2.42. The lowest BCUT2D eigenvalue weighted by Crippen LogP contribution is -2.62. The van der Waals surface area contributed by atoms with E-state index in [4.69, 9.17) is 24.9 Å². The normalized spacial score (nSPS) is 21.8. The fraction of sp³-hybridized carbons (Fsp3) is 0.500. The molecular weight excluding hydrogens is 985 g/mol. The number of phenolic OH excluding ortho intramolecular Hbond substituents is 1. The van der Waals surface area contributed by atoms with E-state index >= 15 is 0 Å². The number of nitrogens with zero attached hydrogens (tertiary/aromatic N) is 5. The number of hydrogen-bond donors (Lipinski definition) is 4. The zero-order chi connectivity index (χ0) is 55.4. The Morgan fingerprint density at radius 2 is 1.76 bits per heavy atom. The van der Waals surface area contributed by atoms with Crippen LogP contribution in [0.2, 0.25) is 0 Å². The topological polar surface area (TPSA) is 194 Å². The summed E-state index contributed by atoms with van der Waals surface area (Å²) in [6.45, 7) is 16.2. The molecule has 9 rings (SSSR count). The number of aryl methyl sites for hydroxylation is 1. The summed E-state index contributed by atoms with van der Waals surface area (Å²) in [4.78, 5) is 67.3. The monoisotopic (exact) mass is 1060 g/mol. The average molecular weight is 1060 g/mol. The van der Waals surface area contributed by atoms with Gasteiger partial charge in [-0.25, -0.2) is 5.43 Å². The van der Waals surface area contributed by atoms with Crippen LogP contribution in [0.4, 0.5) is 5.69 Å². The predicted octanol–water partition coefficient (Wildman–Crippen LogP) is 7.93. The Kier molecular flexibility index (Phi) is 17.3. The first-order valence-electron chi connectivity index (χ1n) is 27.9. The van der Waals surface area contributed by atoms with Crippen LogP contribution in [0.15, 0.2) is 72.9 Å². The molecule has 5 N–H and O–H groups in total. The molecule has 2 aromatic heterocycles. The number of cyclic esters (lactones) is 1. The Balaban J connectivity index is 1.11. The first kappa shape index (κ1) is 56.0. The molecule has 6 bridgehead atoms. The molecule has 3 saturated heterocycles. The van der Waals surface area contributed by atoms with E-state index in [0.717, 1.165) is 63.2 Å². The lowest BCUT2D eigenvalue weighted by molar-refractivity contribution is -0.155. The highest BCUT2D eigenvalue weighted by molar-refractivity contribution is 5.96. The van der Waals surface area contributed by atoms with Crippen molar-refractivity contribution in [1.82, 2.24) is 35.1 Å². The SMILES string of the molecule is CCn1c(-c2cc(C#CCN3CCCCC3)cnc2C(C)OC)c2c3cc(ccc31)-c1cc(O)cc(c1)CC(NC(=O)C(C(C)C)N(C)C(=O)C1OCCC1c1ccc(N)cc1)C(=O)N1CCCC(N1)C(=O)OCC(C)(C)C2. The van der Waals surface area contributed by atoms with Crippen molar-refractivity contribution < 1.29 is 38.5 Å². The lowest BCUT2D eigenvalue weighted by Gasteiger charge is -2.37. The number of phenols is 1. The van der Waals surface area contributed by atoms with Crippen LogP contribution in [-0.4, -0.2) is 131 Å². The molecule has 0 radical (unpaired) electrons. The molecule has 78 heavy (non-hydrogen) atoms. The summed E-state index contributed by atoms with van der Waals surface area (Å²) in [6.07, 6.45) is 6.36. The highest BCUT2D eigenvalue weighted by Crippen LogP contribution is 2.43. The molecule has 0 aliphatic carbocycles. The van der Waals surface area contributed by atoms with Gasteiger partial charge in [0.25, 0.3) is 11.8 Å². The van der Waals surface area contributed by atoms with Crippen molar-refractivity contribution >= 4 is 40.3 Å². The van der Waals surface area contributed by atoms with E-state index in [1.54, 1.807) is 38.4 Å². The number of benzene rings is 3. The second kappa shape index (κ2) is 24.1. The van der Waals surface area contributed by atoms with E-state index in [2.05, 4.69) is 71.0 Å². The van der Waals surface area contributed by atoms with Crippen molar-refractivity contribution in [3.05, 3.63) is 101 Å². The van der Waals surface area contributed by atoms with Crippen LogP contribution in [0, 0.1) is 23.2 Å².